The number of hydrogen-bond acceptors (Lipinski definition) is 5. The van der Waals surface area contributed by atoms with E-state index >= 15 is 0 Å². The van der Waals surface area contributed by atoms with Crippen molar-refractivity contribution in [1.29, 1.82) is 0 Å². The highest BCUT2D eigenvalue weighted by atomic mass is 32.2. The van der Waals surface area contributed by atoms with Crippen LogP contribution in [0.4, 0.5) is 0 Å². The van der Waals surface area contributed by atoms with E-state index in [9.17, 15) is 9.90 Å². The minimum Gasteiger partial charge on any atom is -0.480 e. The van der Waals surface area contributed by atoms with Crippen LogP contribution in [0, 0.1) is 27.7 Å². The van der Waals surface area contributed by atoms with Crippen molar-refractivity contribution >= 4 is 39.3 Å². The van der Waals surface area contributed by atoms with E-state index in [0.717, 1.165) is 32.8 Å². The van der Waals surface area contributed by atoms with Crippen LogP contribution in [0.1, 0.15) is 33.8 Å². The molecule has 0 aliphatic heterocycles. The number of thiophene rings is 1. The lowest BCUT2D eigenvalue weighted by Crippen LogP contribution is -2.17. The minimum absolute atomic E-state index is 0.534. The quantitative estimate of drug-likeness (QED) is 0.471. The van der Waals surface area contributed by atoms with Gasteiger partial charge in [-0.15, -0.1) is 11.3 Å². The zero-order valence-electron chi connectivity index (χ0n) is 15.4. The molecule has 0 saturated heterocycles. The third kappa shape index (κ3) is 4.07. The summed E-state index contributed by atoms with van der Waals surface area (Å²) in [6.45, 7) is 8.03. The highest BCUT2D eigenvalue weighted by molar-refractivity contribution is 8.00. The van der Waals surface area contributed by atoms with Gasteiger partial charge in [0.25, 0.3) is 0 Å². The molecule has 136 valence electrons. The van der Waals surface area contributed by atoms with Crippen molar-refractivity contribution < 1.29 is 9.90 Å². The molecule has 1 N–H and O–H groups in total. The first-order valence-electron chi connectivity index (χ1n) is 8.54. The monoisotopic (exact) mass is 386 g/mol. The molecule has 0 aliphatic rings. The zero-order chi connectivity index (χ0) is 18.8. The maximum absolute atomic E-state index is 11.8. The number of benzene rings is 1. The van der Waals surface area contributed by atoms with Crippen LogP contribution >= 0.6 is 23.1 Å². The number of rotatable bonds is 6. The number of carboxylic acid groups (broad SMARTS) is 1. The summed E-state index contributed by atoms with van der Waals surface area (Å²) in [5, 5.41) is 11.0. The molecule has 2 aromatic heterocycles. The Bertz CT molecular complexity index is 949. The molecule has 3 aromatic rings. The Morgan fingerprint density at radius 3 is 2.50 bits per heavy atom. The maximum Gasteiger partial charge on any atom is 0.317 e. The second-order valence-electron chi connectivity index (χ2n) is 6.51. The molecule has 0 saturated carbocycles. The van der Waals surface area contributed by atoms with E-state index in [-0.39, 0.29) is 0 Å². The molecule has 3 rings (SSSR count). The average molecular weight is 387 g/mol. The number of nitrogens with zero attached hydrogens (tertiary/aromatic N) is 2. The Hall–Kier alpha value is -1.92. The van der Waals surface area contributed by atoms with E-state index < -0.39 is 11.2 Å². The molecule has 6 heteroatoms. The molecule has 0 aliphatic carbocycles. The van der Waals surface area contributed by atoms with Crippen LogP contribution in [-0.4, -0.2) is 26.3 Å². The molecule has 2 heterocycles. The second-order valence-corrected chi connectivity index (χ2v) is 8.90. The van der Waals surface area contributed by atoms with E-state index in [4.69, 9.17) is 0 Å². The number of aryl methyl sites for hydroxylation is 5. The Balaban J connectivity index is 1.85. The summed E-state index contributed by atoms with van der Waals surface area (Å²) < 4.78 is 0. The molecule has 1 unspecified atom stereocenters. The standard InChI is InChI=1S/C20H22N2O2S2/c1-11-5-7-15(8-6-11)9-10-16(20(23)24)26-19-17-12(2)13(3)25-18(17)21-14(4)22-19/h5-8,16H,9-10H2,1-4H3,(H,23,24). The molecule has 4 nitrogen and oxygen atoms in total. The Morgan fingerprint density at radius 2 is 1.85 bits per heavy atom. The third-order valence-electron chi connectivity index (χ3n) is 4.45. The Morgan fingerprint density at radius 1 is 1.15 bits per heavy atom. The number of fused-ring (bicyclic) bond motifs is 1. The van der Waals surface area contributed by atoms with Crippen molar-refractivity contribution in [2.45, 2.75) is 50.8 Å². The summed E-state index contributed by atoms with van der Waals surface area (Å²) in [5.74, 6) is -0.111. The summed E-state index contributed by atoms with van der Waals surface area (Å²) in [6, 6.07) is 8.26. The second kappa shape index (κ2) is 7.76. The highest BCUT2D eigenvalue weighted by Gasteiger charge is 2.23. The summed E-state index contributed by atoms with van der Waals surface area (Å²) in [7, 11) is 0. The van der Waals surface area contributed by atoms with Crippen molar-refractivity contribution in [3.8, 4) is 0 Å². The van der Waals surface area contributed by atoms with Crippen molar-refractivity contribution in [1.82, 2.24) is 9.97 Å². The molecule has 26 heavy (non-hydrogen) atoms. The van der Waals surface area contributed by atoms with Crippen molar-refractivity contribution in [3.63, 3.8) is 0 Å². The van der Waals surface area contributed by atoms with Gasteiger partial charge in [0.05, 0.1) is 0 Å². The number of aromatic nitrogens is 2. The fourth-order valence-corrected chi connectivity index (χ4v) is 5.12. The number of carbonyl (C=O) groups is 1. The number of carboxylic acids is 1. The van der Waals surface area contributed by atoms with Gasteiger partial charge in [-0.2, -0.15) is 0 Å². The van der Waals surface area contributed by atoms with Gasteiger partial charge in [0.2, 0.25) is 0 Å². The Kier molecular flexibility index (Phi) is 5.63. The van der Waals surface area contributed by atoms with Crippen LogP contribution in [-0.2, 0) is 11.2 Å². The van der Waals surface area contributed by atoms with Crippen LogP contribution < -0.4 is 0 Å². The van der Waals surface area contributed by atoms with E-state index in [2.05, 4.69) is 48.1 Å². The first kappa shape index (κ1) is 18.9. The fourth-order valence-electron chi connectivity index (χ4n) is 2.82. The van der Waals surface area contributed by atoms with Gasteiger partial charge in [0.15, 0.2) is 0 Å². The van der Waals surface area contributed by atoms with Crippen molar-refractivity contribution in [2.75, 3.05) is 0 Å². The van der Waals surface area contributed by atoms with Gasteiger partial charge in [-0.3, -0.25) is 4.79 Å². The smallest absolute Gasteiger partial charge is 0.317 e. The summed E-state index contributed by atoms with van der Waals surface area (Å²) >= 11 is 2.99. The SMILES string of the molecule is Cc1ccc(CCC(Sc2nc(C)nc3sc(C)c(C)c23)C(=O)O)cc1. The lowest BCUT2D eigenvalue weighted by atomic mass is 10.1. The average Bonchev–Trinajstić information content (AvgIpc) is 2.86. The van der Waals surface area contributed by atoms with Crippen LogP contribution in [0.2, 0.25) is 0 Å². The molecule has 0 radical (unpaired) electrons. The van der Waals surface area contributed by atoms with E-state index in [0.29, 0.717) is 12.2 Å². The van der Waals surface area contributed by atoms with E-state index in [1.165, 1.54) is 22.2 Å². The lowest BCUT2D eigenvalue weighted by Gasteiger charge is -2.13. The predicted molar refractivity (Wildman–Crippen MR) is 108 cm³/mol. The van der Waals surface area contributed by atoms with Gasteiger partial charge < -0.3 is 5.11 Å². The third-order valence-corrected chi connectivity index (χ3v) is 6.79. The van der Waals surface area contributed by atoms with E-state index in [1.807, 2.05) is 13.8 Å². The van der Waals surface area contributed by atoms with Gasteiger partial charge in [0, 0.05) is 10.3 Å². The largest absolute Gasteiger partial charge is 0.480 e. The normalized spacial score (nSPS) is 12.5. The molecule has 1 aromatic carbocycles. The summed E-state index contributed by atoms with van der Waals surface area (Å²) in [6.07, 6.45) is 1.30. The predicted octanol–water partition coefficient (Wildman–Crippen LogP) is 5.10. The molecule has 0 fully saturated rings. The van der Waals surface area contributed by atoms with Gasteiger partial charge in [-0.25, -0.2) is 9.97 Å². The summed E-state index contributed by atoms with van der Waals surface area (Å²) in [4.78, 5) is 23.1. The number of hydrogen-bond donors (Lipinski definition) is 1. The van der Waals surface area contributed by atoms with Gasteiger partial charge in [-0.1, -0.05) is 41.6 Å². The van der Waals surface area contributed by atoms with Crippen LogP contribution in [0.3, 0.4) is 0 Å². The minimum atomic E-state index is -0.795. The van der Waals surface area contributed by atoms with Crippen LogP contribution in [0.25, 0.3) is 10.2 Å². The highest BCUT2D eigenvalue weighted by Crippen LogP contribution is 2.37. The van der Waals surface area contributed by atoms with Gasteiger partial charge in [0.1, 0.15) is 20.9 Å². The molecular weight excluding hydrogens is 364 g/mol. The van der Waals surface area contributed by atoms with E-state index in [1.54, 1.807) is 11.3 Å². The summed E-state index contributed by atoms with van der Waals surface area (Å²) in [5.41, 5.74) is 3.52. The number of thioether (sulfide) groups is 1. The van der Waals surface area contributed by atoms with Gasteiger partial charge >= 0.3 is 5.97 Å². The van der Waals surface area contributed by atoms with Crippen LogP contribution in [0.15, 0.2) is 29.3 Å². The molecule has 0 bridgehead atoms. The zero-order valence-corrected chi connectivity index (χ0v) is 17.0. The Labute approximate surface area is 161 Å². The fraction of sp³-hybridized carbons (Fsp3) is 0.350. The maximum atomic E-state index is 11.8. The molecular formula is C20H22N2O2S2. The molecule has 0 spiro atoms. The van der Waals surface area contributed by atoms with Gasteiger partial charge in [-0.05, 0) is 51.7 Å². The van der Waals surface area contributed by atoms with Crippen LogP contribution in [0.5, 0.6) is 0 Å². The lowest BCUT2D eigenvalue weighted by molar-refractivity contribution is -0.136. The molecule has 1 atom stereocenters. The topological polar surface area (TPSA) is 63.1 Å². The first-order valence-corrected chi connectivity index (χ1v) is 10.2. The number of aliphatic carboxylic acids is 1. The molecule has 0 amide bonds. The first-order chi connectivity index (χ1) is 12.3. The van der Waals surface area contributed by atoms with Crippen molar-refractivity contribution in [2.24, 2.45) is 0 Å². The van der Waals surface area contributed by atoms with Crippen molar-refractivity contribution in [3.05, 3.63) is 51.7 Å².